The number of aryl methyl sites for hydroxylation is 1. The summed E-state index contributed by atoms with van der Waals surface area (Å²) >= 11 is 0. The Morgan fingerprint density at radius 1 is 1.76 bits per heavy atom. The lowest BCUT2D eigenvalue weighted by Crippen LogP contribution is -2.48. The van der Waals surface area contributed by atoms with E-state index in [2.05, 4.69) is 20.7 Å². The Bertz CT molecular complexity index is 373. The molecule has 0 aromatic carbocycles. The number of carbonyl (C=O) groups excluding carboxylic acids is 1. The molecule has 0 spiro atoms. The number of rotatable bonds is 4. The van der Waals surface area contributed by atoms with Crippen molar-refractivity contribution < 1.29 is 9.53 Å². The second-order valence-electron chi connectivity index (χ2n) is 3.94. The summed E-state index contributed by atoms with van der Waals surface area (Å²) in [7, 11) is 1.82. The molecule has 0 radical (unpaired) electrons. The molecule has 1 saturated heterocycles. The summed E-state index contributed by atoms with van der Waals surface area (Å²) in [5.74, 6) is 0.656. The maximum Gasteiger partial charge on any atom is 0.250 e. The first-order valence-corrected chi connectivity index (χ1v) is 5.70. The van der Waals surface area contributed by atoms with Crippen LogP contribution < -0.4 is 10.6 Å². The molecule has 1 atom stereocenters. The van der Waals surface area contributed by atoms with Gasteiger partial charge >= 0.3 is 0 Å². The molecule has 7 heteroatoms. The van der Waals surface area contributed by atoms with Crippen LogP contribution in [0.25, 0.3) is 0 Å². The Labute approximate surface area is 99.5 Å². The summed E-state index contributed by atoms with van der Waals surface area (Å²) in [6, 6.07) is 0. The van der Waals surface area contributed by atoms with Crippen LogP contribution in [-0.4, -0.2) is 53.0 Å². The summed E-state index contributed by atoms with van der Waals surface area (Å²) in [5.41, 5.74) is 0. The quantitative estimate of drug-likeness (QED) is 0.665. The van der Waals surface area contributed by atoms with Gasteiger partial charge < -0.3 is 15.4 Å². The molecule has 1 unspecified atom stereocenters. The summed E-state index contributed by atoms with van der Waals surface area (Å²) < 4.78 is 6.98. The van der Waals surface area contributed by atoms with E-state index in [0.29, 0.717) is 26.1 Å². The largest absolute Gasteiger partial charge is 0.366 e. The Kier molecular flexibility index (Phi) is 4.05. The van der Waals surface area contributed by atoms with Gasteiger partial charge in [-0.05, 0) is 0 Å². The van der Waals surface area contributed by atoms with E-state index >= 15 is 0 Å². The lowest BCUT2D eigenvalue weighted by molar-refractivity contribution is -0.134. The molecule has 0 saturated carbocycles. The Hall–Kier alpha value is -1.47. The number of aromatic nitrogens is 3. The SMILES string of the molecule is Cn1cnc(CCNC(=O)C2CNCCO2)n1. The number of nitrogens with zero attached hydrogens (tertiary/aromatic N) is 3. The maximum absolute atomic E-state index is 11.7. The normalized spacial score (nSPS) is 20.2. The van der Waals surface area contributed by atoms with E-state index < -0.39 is 0 Å². The second kappa shape index (κ2) is 5.74. The average Bonchev–Trinajstić information content (AvgIpc) is 2.76. The van der Waals surface area contributed by atoms with Crippen molar-refractivity contribution in [1.82, 2.24) is 25.4 Å². The molecule has 1 aliphatic heterocycles. The molecular weight excluding hydrogens is 222 g/mol. The van der Waals surface area contributed by atoms with Gasteiger partial charge in [0, 0.05) is 33.1 Å². The molecule has 1 aliphatic rings. The lowest BCUT2D eigenvalue weighted by Gasteiger charge is -2.22. The molecule has 1 fully saturated rings. The number of amides is 1. The Morgan fingerprint density at radius 2 is 2.65 bits per heavy atom. The number of ether oxygens (including phenoxy) is 1. The van der Waals surface area contributed by atoms with Crippen LogP contribution in [0.1, 0.15) is 5.82 Å². The molecule has 2 rings (SSSR count). The smallest absolute Gasteiger partial charge is 0.250 e. The maximum atomic E-state index is 11.7. The highest BCUT2D eigenvalue weighted by Crippen LogP contribution is 1.96. The van der Waals surface area contributed by atoms with Crippen molar-refractivity contribution in [2.45, 2.75) is 12.5 Å². The highest BCUT2D eigenvalue weighted by Gasteiger charge is 2.20. The van der Waals surface area contributed by atoms with Crippen LogP contribution in [0.3, 0.4) is 0 Å². The van der Waals surface area contributed by atoms with E-state index in [9.17, 15) is 4.79 Å². The average molecular weight is 239 g/mol. The minimum atomic E-state index is -0.375. The van der Waals surface area contributed by atoms with Gasteiger partial charge in [0.15, 0.2) is 5.82 Å². The van der Waals surface area contributed by atoms with E-state index in [1.165, 1.54) is 0 Å². The molecular formula is C10H17N5O2. The third kappa shape index (κ3) is 3.50. The number of nitrogens with one attached hydrogen (secondary N) is 2. The van der Waals surface area contributed by atoms with E-state index in [1.807, 2.05) is 7.05 Å². The van der Waals surface area contributed by atoms with Crippen molar-refractivity contribution in [1.29, 1.82) is 0 Å². The number of hydrogen-bond donors (Lipinski definition) is 2. The second-order valence-corrected chi connectivity index (χ2v) is 3.94. The highest BCUT2D eigenvalue weighted by molar-refractivity contribution is 5.81. The minimum Gasteiger partial charge on any atom is -0.366 e. The van der Waals surface area contributed by atoms with Crippen molar-refractivity contribution in [3.63, 3.8) is 0 Å². The number of carbonyl (C=O) groups is 1. The van der Waals surface area contributed by atoms with Crippen LogP contribution in [0, 0.1) is 0 Å². The van der Waals surface area contributed by atoms with Gasteiger partial charge in [-0.25, -0.2) is 4.98 Å². The minimum absolute atomic E-state index is 0.0758. The first-order chi connectivity index (χ1) is 8.25. The number of hydrogen-bond acceptors (Lipinski definition) is 5. The van der Waals surface area contributed by atoms with Gasteiger partial charge in [0.1, 0.15) is 12.4 Å². The van der Waals surface area contributed by atoms with Gasteiger partial charge in [-0.1, -0.05) is 0 Å². The monoisotopic (exact) mass is 239 g/mol. The fourth-order valence-electron chi connectivity index (χ4n) is 1.64. The van der Waals surface area contributed by atoms with Crippen LogP contribution in [0.5, 0.6) is 0 Å². The Balaban J connectivity index is 1.69. The zero-order valence-corrected chi connectivity index (χ0v) is 9.85. The molecule has 2 heterocycles. The molecule has 0 aliphatic carbocycles. The fraction of sp³-hybridized carbons (Fsp3) is 0.700. The van der Waals surface area contributed by atoms with E-state index in [4.69, 9.17) is 4.74 Å². The van der Waals surface area contributed by atoms with Gasteiger partial charge in [-0.15, -0.1) is 0 Å². The van der Waals surface area contributed by atoms with Gasteiger partial charge in [0.25, 0.3) is 0 Å². The molecule has 2 N–H and O–H groups in total. The summed E-state index contributed by atoms with van der Waals surface area (Å²) in [6.45, 7) is 2.50. The highest BCUT2D eigenvalue weighted by atomic mass is 16.5. The molecule has 1 aromatic heterocycles. The molecule has 17 heavy (non-hydrogen) atoms. The van der Waals surface area contributed by atoms with Gasteiger partial charge in [-0.2, -0.15) is 5.10 Å². The Morgan fingerprint density at radius 3 is 3.29 bits per heavy atom. The standard InChI is InChI=1S/C10H17N5O2/c1-15-7-13-9(14-15)2-3-12-10(16)8-6-11-4-5-17-8/h7-8,11H,2-6H2,1H3,(H,12,16). The van der Waals surface area contributed by atoms with E-state index in [-0.39, 0.29) is 12.0 Å². The molecule has 1 aromatic rings. The van der Waals surface area contributed by atoms with Crippen molar-refractivity contribution in [2.24, 2.45) is 7.05 Å². The zero-order valence-electron chi connectivity index (χ0n) is 9.85. The fourth-order valence-corrected chi connectivity index (χ4v) is 1.64. The van der Waals surface area contributed by atoms with Crippen LogP contribution in [0.4, 0.5) is 0 Å². The van der Waals surface area contributed by atoms with E-state index in [0.717, 1.165) is 12.4 Å². The van der Waals surface area contributed by atoms with Gasteiger partial charge in [-0.3, -0.25) is 9.48 Å². The first kappa shape index (κ1) is 12.0. The molecule has 0 bridgehead atoms. The first-order valence-electron chi connectivity index (χ1n) is 5.70. The topological polar surface area (TPSA) is 81.1 Å². The van der Waals surface area contributed by atoms with Gasteiger partial charge in [0.05, 0.1) is 6.61 Å². The van der Waals surface area contributed by atoms with Crippen molar-refractivity contribution in [3.8, 4) is 0 Å². The lowest BCUT2D eigenvalue weighted by atomic mass is 10.3. The number of morpholine rings is 1. The third-order valence-corrected chi connectivity index (χ3v) is 2.51. The predicted molar refractivity (Wildman–Crippen MR) is 60.3 cm³/mol. The summed E-state index contributed by atoms with van der Waals surface area (Å²) in [5, 5.41) is 10.1. The van der Waals surface area contributed by atoms with Crippen LogP contribution in [0.2, 0.25) is 0 Å². The summed E-state index contributed by atoms with van der Waals surface area (Å²) in [4.78, 5) is 15.8. The predicted octanol–water partition coefficient (Wildman–Crippen LogP) is -1.54. The third-order valence-electron chi connectivity index (χ3n) is 2.51. The van der Waals surface area contributed by atoms with Crippen LogP contribution in [0.15, 0.2) is 6.33 Å². The zero-order chi connectivity index (χ0) is 12.1. The van der Waals surface area contributed by atoms with Crippen molar-refractivity contribution in [2.75, 3.05) is 26.2 Å². The molecule has 1 amide bonds. The molecule has 94 valence electrons. The van der Waals surface area contributed by atoms with Gasteiger partial charge in [0.2, 0.25) is 5.91 Å². The summed E-state index contributed by atoms with van der Waals surface area (Å²) in [6.07, 6.45) is 1.90. The van der Waals surface area contributed by atoms with Crippen LogP contribution in [-0.2, 0) is 23.0 Å². The van der Waals surface area contributed by atoms with Crippen molar-refractivity contribution >= 4 is 5.91 Å². The van der Waals surface area contributed by atoms with Crippen molar-refractivity contribution in [3.05, 3.63) is 12.2 Å². The molecule has 7 nitrogen and oxygen atoms in total. The van der Waals surface area contributed by atoms with E-state index in [1.54, 1.807) is 11.0 Å². The van der Waals surface area contributed by atoms with Crippen LogP contribution >= 0.6 is 0 Å².